The third-order valence-electron chi connectivity index (χ3n) is 9.47. The molecule has 51 heavy (non-hydrogen) atoms. The van der Waals surface area contributed by atoms with Gasteiger partial charge < -0.3 is 24.0 Å². The van der Waals surface area contributed by atoms with Crippen molar-refractivity contribution in [3.8, 4) is 11.4 Å². The Balaban J connectivity index is 0.945. The lowest BCUT2D eigenvalue weighted by Crippen LogP contribution is -2.46. The molecule has 0 N–H and O–H groups in total. The van der Waals surface area contributed by atoms with E-state index in [0.29, 0.717) is 40.1 Å². The molecule has 7 rings (SSSR count). The first kappa shape index (κ1) is 35.0. The summed E-state index contributed by atoms with van der Waals surface area (Å²) in [5.74, 6) is -1.23. The van der Waals surface area contributed by atoms with Crippen LogP contribution in [0.25, 0.3) is 5.69 Å². The van der Waals surface area contributed by atoms with Crippen molar-refractivity contribution in [2.45, 2.75) is 51.2 Å². The van der Waals surface area contributed by atoms with Crippen molar-refractivity contribution in [3.05, 3.63) is 111 Å². The van der Waals surface area contributed by atoms with Gasteiger partial charge in [0.15, 0.2) is 0 Å². The molecule has 2 fully saturated rings. The van der Waals surface area contributed by atoms with Crippen molar-refractivity contribution in [2.24, 2.45) is 0 Å². The highest BCUT2D eigenvalue weighted by Gasteiger charge is 2.46. The molecule has 1 unspecified atom stereocenters. The monoisotopic (exact) mass is 736 g/mol. The molecule has 4 heterocycles. The highest BCUT2D eigenvalue weighted by Crippen LogP contribution is 2.40. The Bertz CT molecular complexity index is 2000. The average molecular weight is 738 g/mol. The fraction of sp³-hybridized carbons (Fsp3) is 0.389. The molecule has 0 saturated carbocycles. The lowest BCUT2D eigenvalue weighted by Gasteiger charge is -2.37. The number of benzene rings is 3. The molecule has 2 saturated heterocycles. The highest BCUT2D eigenvalue weighted by molar-refractivity contribution is 6.35. The van der Waals surface area contributed by atoms with E-state index in [2.05, 4.69) is 34.0 Å². The fourth-order valence-electron chi connectivity index (χ4n) is 6.70. The van der Waals surface area contributed by atoms with Gasteiger partial charge in [-0.15, -0.1) is 0 Å². The molecule has 2 aromatic heterocycles. The van der Waals surface area contributed by atoms with Crippen LogP contribution in [0.2, 0.25) is 10.0 Å². The van der Waals surface area contributed by atoms with Crippen LogP contribution in [0.5, 0.6) is 5.75 Å². The zero-order chi connectivity index (χ0) is 35.5. The average Bonchev–Trinajstić information content (AvgIpc) is 3.90. The lowest BCUT2D eigenvalue weighted by atomic mass is 10.1. The second-order valence-electron chi connectivity index (χ2n) is 12.6. The highest BCUT2D eigenvalue weighted by atomic mass is 35.5. The van der Waals surface area contributed by atoms with Gasteiger partial charge in [-0.3, -0.25) is 0 Å². The second-order valence-corrected chi connectivity index (χ2v) is 13.4. The zero-order valence-electron chi connectivity index (χ0n) is 28.4. The van der Waals surface area contributed by atoms with Gasteiger partial charge in [0.25, 0.3) is 0 Å². The number of nitrogens with zero attached hydrogens (tertiary/aromatic N) is 8. The Kier molecular flexibility index (Phi) is 10.3. The van der Waals surface area contributed by atoms with Crippen molar-refractivity contribution in [2.75, 3.05) is 49.2 Å². The Morgan fingerprint density at radius 3 is 2.31 bits per heavy atom. The molecular formula is C36H39Cl2FN8O4. The summed E-state index contributed by atoms with van der Waals surface area (Å²) in [5.41, 5.74) is 2.80. The van der Waals surface area contributed by atoms with E-state index in [1.165, 1.54) is 10.9 Å². The van der Waals surface area contributed by atoms with Gasteiger partial charge in [-0.2, -0.15) is 20.1 Å². The van der Waals surface area contributed by atoms with Crippen LogP contribution in [-0.4, -0.2) is 74.8 Å². The molecule has 12 nitrogen and oxygen atoms in total. The van der Waals surface area contributed by atoms with E-state index in [1.54, 1.807) is 58.3 Å². The Hall–Kier alpha value is -4.43. The summed E-state index contributed by atoms with van der Waals surface area (Å²) in [6, 6.07) is 18.0. The van der Waals surface area contributed by atoms with Crippen LogP contribution >= 0.6 is 23.2 Å². The number of anilines is 2. The van der Waals surface area contributed by atoms with Crippen molar-refractivity contribution < 1.29 is 18.6 Å². The first-order chi connectivity index (χ1) is 24.8. The van der Waals surface area contributed by atoms with Gasteiger partial charge in [0.1, 0.15) is 37.1 Å². The minimum atomic E-state index is -1.26. The van der Waals surface area contributed by atoms with E-state index >= 15 is 4.39 Å². The maximum atomic E-state index is 15.5. The van der Waals surface area contributed by atoms with Crippen molar-refractivity contribution in [1.29, 1.82) is 0 Å². The van der Waals surface area contributed by atoms with E-state index in [9.17, 15) is 4.79 Å². The summed E-state index contributed by atoms with van der Waals surface area (Å²) < 4.78 is 37.2. The van der Waals surface area contributed by atoms with Crippen LogP contribution in [-0.2, 0) is 21.8 Å². The molecule has 0 amide bonds. The van der Waals surface area contributed by atoms with E-state index in [0.717, 1.165) is 37.3 Å². The minimum Gasteiger partial charge on any atom is -0.491 e. The molecule has 0 radical (unpaired) electrons. The number of aromatic nitrogens is 6. The molecule has 2 atom stereocenters. The topological polar surface area (TPSA) is 105 Å². The van der Waals surface area contributed by atoms with Crippen LogP contribution in [0.4, 0.5) is 15.8 Å². The maximum Gasteiger partial charge on any atom is 0.350 e. The molecule has 15 heteroatoms. The molecule has 2 aliphatic rings. The van der Waals surface area contributed by atoms with Crippen LogP contribution < -0.4 is 20.2 Å². The minimum absolute atomic E-state index is 0.0873. The smallest absolute Gasteiger partial charge is 0.350 e. The Morgan fingerprint density at radius 2 is 1.63 bits per heavy atom. The van der Waals surface area contributed by atoms with Crippen molar-refractivity contribution in [1.82, 2.24) is 29.3 Å². The fourth-order valence-corrected chi connectivity index (χ4v) is 7.25. The number of rotatable bonds is 12. The summed E-state index contributed by atoms with van der Waals surface area (Å²) in [7, 11) is 0. The van der Waals surface area contributed by atoms with E-state index in [1.807, 2.05) is 29.2 Å². The molecule has 0 spiro atoms. The van der Waals surface area contributed by atoms with Crippen LogP contribution in [0, 0.1) is 5.82 Å². The summed E-state index contributed by atoms with van der Waals surface area (Å²) in [6.07, 6.45) is 5.96. The van der Waals surface area contributed by atoms with Crippen LogP contribution in [0.15, 0.2) is 84.2 Å². The summed E-state index contributed by atoms with van der Waals surface area (Å²) in [4.78, 5) is 18.7. The molecule has 0 aliphatic carbocycles. The first-order valence-electron chi connectivity index (χ1n) is 17.1. The Labute approximate surface area is 304 Å². The third kappa shape index (κ3) is 7.34. The van der Waals surface area contributed by atoms with Crippen LogP contribution in [0.1, 0.15) is 38.3 Å². The van der Waals surface area contributed by atoms with E-state index in [4.69, 9.17) is 37.4 Å². The molecule has 5 aromatic rings. The van der Waals surface area contributed by atoms with Gasteiger partial charge in [-0.25, -0.2) is 18.4 Å². The second kappa shape index (κ2) is 15.0. The predicted octanol–water partition coefficient (Wildman–Crippen LogP) is 6.11. The number of halogens is 3. The standard InChI is InChI=1S/C36H39Cl2FN8O4/c1-3-26(4-2)47-35(48)45(24-42-47)28-8-6-27(7-9-28)43-15-17-44(18-16-43)34-12-10-29(20-33(34)39)49-21-30-22-50-36(51-30,23-46-40-13-14-41-46)31-11-5-25(37)19-32(31)38/h5-14,19-20,24,26,30H,3-4,15-18,21-23H2,1-2H3/t30?,36-/m0/s1. The number of hydrogen-bond donors (Lipinski definition) is 0. The maximum absolute atomic E-state index is 15.5. The molecule has 3 aromatic carbocycles. The van der Waals surface area contributed by atoms with Gasteiger partial charge in [0, 0.05) is 48.5 Å². The van der Waals surface area contributed by atoms with Crippen molar-refractivity contribution >= 4 is 34.6 Å². The lowest BCUT2D eigenvalue weighted by molar-refractivity contribution is -0.192. The Morgan fingerprint density at radius 1 is 0.922 bits per heavy atom. The first-order valence-corrected chi connectivity index (χ1v) is 17.8. The summed E-state index contributed by atoms with van der Waals surface area (Å²) in [5, 5.41) is 13.6. The van der Waals surface area contributed by atoms with Gasteiger partial charge >= 0.3 is 5.69 Å². The van der Waals surface area contributed by atoms with E-state index < -0.39 is 11.9 Å². The largest absolute Gasteiger partial charge is 0.491 e. The molecular weight excluding hydrogens is 698 g/mol. The molecule has 0 bridgehead atoms. The van der Waals surface area contributed by atoms with Gasteiger partial charge in [-0.05, 0) is 61.4 Å². The quantitative estimate of drug-likeness (QED) is 0.150. The molecule has 268 valence electrons. The van der Waals surface area contributed by atoms with Gasteiger partial charge in [0.2, 0.25) is 5.79 Å². The SMILES string of the molecule is CCC(CC)n1ncn(-c2ccc(N3CCN(c4ccc(OCC5CO[C@](Cn6nccn6)(c6ccc(Cl)cc6Cl)O5)cc4F)CC3)cc2)c1=O. The zero-order valence-corrected chi connectivity index (χ0v) is 29.9. The normalized spacial score (nSPS) is 19.3. The molecule has 2 aliphatic heterocycles. The van der Waals surface area contributed by atoms with E-state index in [-0.39, 0.29) is 37.3 Å². The van der Waals surface area contributed by atoms with Crippen LogP contribution in [0.3, 0.4) is 0 Å². The number of piperazine rings is 1. The number of hydrogen-bond acceptors (Lipinski definition) is 9. The summed E-state index contributed by atoms with van der Waals surface area (Å²) in [6.45, 7) is 7.36. The number of ether oxygens (including phenoxy) is 3. The van der Waals surface area contributed by atoms with Gasteiger partial charge in [-0.1, -0.05) is 43.1 Å². The third-order valence-corrected chi connectivity index (χ3v) is 10.0. The predicted molar refractivity (Wildman–Crippen MR) is 193 cm³/mol. The summed E-state index contributed by atoms with van der Waals surface area (Å²) >= 11 is 12.7. The van der Waals surface area contributed by atoms with Crippen molar-refractivity contribution in [3.63, 3.8) is 0 Å². The van der Waals surface area contributed by atoms with Gasteiger partial charge in [0.05, 0.1) is 41.4 Å².